The molecule has 2 aromatic carbocycles. The summed E-state index contributed by atoms with van der Waals surface area (Å²) >= 11 is 6.16. The molecule has 1 saturated heterocycles. The summed E-state index contributed by atoms with van der Waals surface area (Å²) in [4.78, 5) is 19.9. The Bertz CT molecular complexity index is 1020. The molecule has 6 nitrogen and oxygen atoms in total. The highest BCUT2D eigenvalue weighted by molar-refractivity contribution is 6.30. The number of hydrogen-bond acceptors (Lipinski definition) is 5. The maximum atomic E-state index is 13.1. The van der Waals surface area contributed by atoms with Gasteiger partial charge in [-0.2, -0.15) is 0 Å². The van der Waals surface area contributed by atoms with E-state index < -0.39 is 0 Å². The summed E-state index contributed by atoms with van der Waals surface area (Å²) < 4.78 is 6.94. The Morgan fingerprint density at radius 1 is 1.00 bits per heavy atom. The minimum absolute atomic E-state index is 0.145. The fourth-order valence-electron chi connectivity index (χ4n) is 3.37. The third-order valence-corrected chi connectivity index (χ3v) is 5.20. The molecule has 1 aliphatic heterocycles. The number of ether oxygens (including phenoxy) is 1. The number of hydrogen-bond donors (Lipinski definition) is 0. The minimum atomic E-state index is -0.145. The predicted molar refractivity (Wildman–Crippen MR) is 113 cm³/mol. The van der Waals surface area contributed by atoms with Gasteiger partial charge in [0.05, 0.1) is 19.8 Å². The number of nitrogens with zero attached hydrogens (tertiary/aromatic N) is 4. The summed E-state index contributed by atoms with van der Waals surface area (Å²) in [6, 6.07) is 17.3. The molecule has 1 fully saturated rings. The quantitative estimate of drug-likeness (QED) is 0.625. The Labute approximate surface area is 174 Å². The van der Waals surface area contributed by atoms with E-state index in [0.717, 1.165) is 44.0 Å². The minimum Gasteiger partial charge on any atom is -0.379 e. The first-order valence-corrected chi connectivity index (χ1v) is 10.1. The van der Waals surface area contributed by atoms with E-state index >= 15 is 0 Å². The van der Waals surface area contributed by atoms with Crippen LogP contribution in [0.15, 0.2) is 59.4 Å². The van der Waals surface area contributed by atoms with Crippen molar-refractivity contribution in [1.29, 1.82) is 0 Å². The molecule has 0 aliphatic carbocycles. The Kier molecular flexibility index (Phi) is 6.34. The molecule has 7 heteroatoms. The smallest absolute Gasteiger partial charge is 0.288 e. The highest BCUT2D eigenvalue weighted by atomic mass is 35.5. The van der Waals surface area contributed by atoms with E-state index in [1.807, 2.05) is 54.6 Å². The molecule has 0 saturated carbocycles. The van der Waals surface area contributed by atoms with Crippen molar-refractivity contribution in [1.82, 2.24) is 19.7 Å². The van der Waals surface area contributed by atoms with Crippen molar-refractivity contribution in [2.24, 2.45) is 0 Å². The van der Waals surface area contributed by atoms with Gasteiger partial charge in [0.15, 0.2) is 5.82 Å². The second-order valence-corrected chi connectivity index (χ2v) is 7.47. The molecule has 4 rings (SSSR count). The molecular formula is C22H23ClN4O2. The molecule has 0 radical (unpaired) electrons. The van der Waals surface area contributed by atoms with Gasteiger partial charge in [-0.05, 0) is 17.7 Å². The van der Waals surface area contributed by atoms with E-state index in [2.05, 4.69) is 15.0 Å². The van der Waals surface area contributed by atoms with Crippen LogP contribution in [0.4, 0.5) is 0 Å². The third-order valence-electron chi connectivity index (χ3n) is 4.97. The van der Waals surface area contributed by atoms with Gasteiger partial charge in [0.1, 0.15) is 5.69 Å². The second-order valence-electron chi connectivity index (χ2n) is 7.04. The predicted octanol–water partition coefficient (Wildman–Crippen LogP) is 2.88. The Hall–Kier alpha value is -2.54. The van der Waals surface area contributed by atoms with Crippen LogP contribution in [-0.4, -0.2) is 52.5 Å². The van der Waals surface area contributed by atoms with Crippen molar-refractivity contribution >= 4 is 11.6 Å². The van der Waals surface area contributed by atoms with E-state index in [1.54, 1.807) is 0 Å². The van der Waals surface area contributed by atoms with Crippen molar-refractivity contribution in [3.8, 4) is 11.4 Å². The van der Waals surface area contributed by atoms with Crippen LogP contribution in [0.2, 0.25) is 5.02 Å². The summed E-state index contributed by atoms with van der Waals surface area (Å²) in [5, 5.41) is 5.16. The average molecular weight is 411 g/mol. The molecule has 3 aromatic rings. The van der Waals surface area contributed by atoms with E-state index in [1.165, 1.54) is 4.68 Å². The molecular weight excluding hydrogens is 388 g/mol. The molecule has 0 atom stereocenters. The molecule has 1 aromatic heterocycles. The first kappa shape index (κ1) is 19.8. The molecule has 29 heavy (non-hydrogen) atoms. The number of rotatable bonds is 6. The lowest BCUT2D eigenvalue weighted by atomic mass is 10.1. The summed E-state index contributed by atoms with van der Waals surface area (Å²) in [5.41, 5.74) is 2.18. The topological polar surface area (TPSA) is 60.2 Å². The third kappa shape index (κ3) is 5.09. The molecule has 0 spiro atoms. The van der Waals surface area contributed by atoms with Gasteiger partial charge < -0.3 is 4.74 Å². The van der Waals surface area contributed by atoms with E-state index in [4.69, 9.17) is 16.3 Å². The largest absolute Gasteiger partial charge is 0.379 e. The van der Waals surface area contributed by atoms with Gasteiger partial charge in [-0.1, -0.05) is 54.1 Å². The summed E-state index contributed by atoms with van der Waals surface area (Å²) in [5.74, 6) is 0.514. The van der Waals surface area contributed by atoms with Gasteiger partial charge >= 0.3 is 0 Å². The van der Waals surface area contributed by atoms with Crippen molar-refractivity contribution in [2.45, 2.75) is 13.0 Å². The molecule has 0 unspecified atom stereocenters. The number of halogens is 1. The zero-order valence-corrected chi connectivity index (χ0v) is 16.9. The van der Waals surface area contributed by atoms with Gasteiger partial charge in [0.2, 0.25) is 0 Å². The zero-order chi connectivity index (χ0) is 20.1. The van der Waals surface area contributed by atoms with E-state index in [-0.39, 0.29) is 5.56 Å². The van der Waals surface area contributed by atoms with Gasteiger partial charge in [0, 0.05) is 36.6 Å². The van der Waals surface area contributed by atoms with Crippen LogP contribution in [0.1, 0.15) is 11.3 Å². The number of benzene rings is 2. The SMILES string of the molecule is O=c1c(Cc2ccccc2)nc(-c2cccc(Cl)c2)nn1CCN1CCOCC1. The van der Waals surface area contributed by atoms with Crippen LogP contribution in [0.3, 0.4) is 0 Å². The highest BCUT2D eigenvalue weighted by Gasteiger charge is 2.15. The average Bonchev–Trinajstić information content (AvgIpc) is 2.76. The van der Waals surface area contributed by atoms with Crippen molar-refractivity contribution in [3.63, 3.8) is 0 Å². The molecule has 2 heterocycles. The normalized spacial score (nSPS) is 14.8. The van der Waals surface area contributed by atoms with Crippen molar-refractivity contribution in [3.05, 3.63) is 81.2 Å². The Morgan fingerprint density at radius 2 is 1.79 bits per heavy atom. The standard InChI is InChI=1S/C22H23ClN4O2/c23-19-8-4-7-18(16-19)21-24-20(15-17-5-2-1-3-6-17)22(28)27(25-21)10-9-26-11-13-29-14-12-26/h1-8,16H,9-15H2. The van der Waals surface area contributed by atoms with Crippen LogP contribution in [0.5, 0.6) is 0 Å². The molecule has 1 aliphatic rings. The van der Waals surface area contributed by atoms with Crippen LogP contribution in [0.25, 0.3) is 11.4 Å². The first-order chi connectivity index (χ1) is 14.2. The Balaban J connectivity index is 1.67. The van der Waals surface area contributed by atoms with Gasteiger partial charge in [-0.25, -0.2) is 9.67 Å². The molecule has 150 valence electrons. The fourth-order valence-corrected chi connectivity index (χ4v) is 3.56. The van der Waals surface area contributed by atoms with Gasteiger partial charge in [0.25, 0.3) is 5.56 Å². The lowest BCUT2D eigenvalue weighted by Gasteiger charge is -2.26. The maximum absolute atomic E-state index is 13.1. The van der Waals surface area contributed by atoms with Gasteiger partial charge in [-0.3, -0.25) is 9.69 Å². The molecule has 0 amide bonds. The van der Waals surface area contributed by atoms with E-state index in [9.17, 15) is 4.79 Å². The molecule has 0 N–H and O–H groups in total. The van der Waals surface area contributed by atoms with Crippen LogP contribution >= 0.6 is 11.6 Å². The second kappa shape index (κ2) is 9.31. The maximum Gasteiger partial charge on any atom is 0.288 e. The first-order valence-electron chi connectivity index (χ1n) is 9.77. The van der Waals surface area contributed by atoms with Crippen LogP contribution in [0, 0.1) is 0 Å². The highest BCUT2D eigenvalue weighted by Crippen LogP contribution is 2.19. The summed E-state index contributed by atoms with van der Waals surface area (Å²) in [7, 11) is 0. The van der Waals surface area contributed by atoms with Crippen LogP contribution in [-0.2, 0) is 17.7 Å². The van der Waals surface area contributed by atoms with Crippen molar-refractivity contribution in [2.75, 3.05) is 32.8 Å². The summed E-state index contributed by atoms with van der Waals surface area (Å²) in [6.45, 7) is 4.46. The number of morpholine rings is 1. The lowest BCUT2D eigenvalue weighted by Crippen LogP contribution is -2.40. The van der Waals surface area contributed by atoms with E-state index in [0.29, 0.717) is 29.5 Å². The number of aromatic nitrogens is 3. The Morgan fingerprint density at radius 3 is 2.55 bits per heavy atom. The monoisotopic (exact) mass is 410 g/mol. The fraction of sp³-hybridized carbons (Fsp3) is 0.318. The molecule has 0 bridgehead atoms. The van der Waals surface area contributed by atoms with Crippen molar-refractivity contribution < 1.29 is 4.74 Å². The van der Waals surface area contributed by atoms with Gasteiger partial charge in [-0.15, -0.1) is 5.10 Å². The lowest BCUT2D eigenvalue weighted by molar-refractivity contribution is 0.0357. The van der Waals surface area contributed by atoms with Crippen LogP contribution < -0.4 is 5.56 Å². The summed E-state index contributed by atoms with van der Waals surface area (Å²) in [6.07, 6.45) is 0.466. The zero-order valence-electron chi connectivity index (χ0n) is 16.1.